The molecule has 0 amide bonds. The van der Waals surface area contributed by atoms with Crippen molar-refractivity contribution < 1.29 is 42.5 Å². The van der Waals surface area contributed by atoms with Gasteiger partial charge in [0.15, 0.2) is 0 Å². The Labute approximate surface area is 137 Å². The molecule has 2 rings (SSSR count). The second-order valence-electron chi connectivity index (χ2n) is 3.30. The monoisotopic (exact) mass is 241 g/mol. The number of nitrogens with zero attached hydrogens (tertiary/aromatic N) is 3. The van der Waals surface area contributed by atoms with E-state index in [0.717, 1.165) is 5.56 Å². The molecule has 0 unspecified atom stereocenters. The maximum atomic E-state index is 5.48. The van der Waals surface area contributed by atoms with Gasteiger partial charge in [-0.2, -0.15) is 0 Å². The minimum absolute atomic E-state index is 0. The normalized spacial score (nSPS) is 10.1. The van der Waals surface area contributed by atoms with Crippen LogP contribution in [0.1, 0.15) is 12.5 Å². The predicted octanol–water partition coefficient (Wildman–Crippen LogP) is -3.83. The molecule has 0 spiro atoms. The van der Waals surface area contributed by atoms with Crippen molar-refractivity contribution in [2.75, 3.05) is 6.61 Å². The first-order valence-corrected chi connectivity index (χ1v) is 5.41. The molecule has 1 aromatic heterocycles. The minimum atomic E-state index is 0. The van der Waals surface area contributed by atoms with E-state index in [1.807, 2.05) is 49.8 Å². The van der Waals surface area contributed by atoms with Crippen LogP contribution in [0.4, 0.5) is 0 Å². The van der Waals surface area contributed by atoms with Gasteiger partial charge >= 0.3 is 37.7 Å². The van der Waals surface area contributed by atoms with Gasteiger partial charge in [0.1, 0.15) is 5.88 Å². The fraction of sp³-hybridized carbons (Fsp3) is 0.154. The Bertz CT molecular complexity index is 472. The van der Waals surface area contributed by atoms with Crippen LogP contribution in [0.3, 0.4) is 0 Å². The summed E-state index contributed by atoms with van der Waals surface area (Å²) in [7, 11) is 0. The summed E-state index contributed by atoms with van der Waals surface area (Å²) in [5.74, 6) is 0.630. The number of hydrogen-bond donors (Lipinski definition) is 0. The second-order valence-corrected chi connectivity index (χ2v) is 3.30. The Balaban J connectivity index is 0.00000162. The van der Waals surface area contributed by atoms with Gasteiger partial charge in [0.25, 0.3) is 0 Å². The van der Waals surface area contributed by atoms with Gasteiger partial charge in [0.05, 0.1) is 6.61 Å². The van der Waals surface area contributed by atoms with E-state index in [9.17, 15) is 0 Å². The van der Waals surface area contributed by atoms with E-state index in [0.29, 0.717) is 12.5 Å². The van der Waals surface area contributed by atoms with E-state index in [2.05, 4.69) is 16.4 Å². The maximum Gasteiger partial charge on any atom is 1.00 e. The SMILES string of the molecule is CCO/C(=C\[CH-]c1ccccc1)n1cn[c-]n1.[Li+].[Li+]. The molecule has 0 aliphatic carbocycles. The van der Waals surface area contributed by atoms with Crippen LogP contribution in [0.15, 0.2) is 42.7 Å². The summed E-state index contributed by atoms with van der Waals surface area (Å²) in [5.41, 5.74) is 1.11. The van der Waals surface area contributed by atoms with Crippen LogP contribution in [0, 0.1) is 12.7 Å². The number of hydrogen-bond acceptors (Lipinski definition) is 3. The molecule has 88 valence electrons. The minimum Gasteiger partial charge on any atom is -0.521 e. The Hall–Kier alpha value is -1.04. The molecular weight excluding hydrogens is 228 g/mol. The molecule has 0 N–H and O–H groups in total. The maximum absolute atomic E-state index is 5.48. The van der Waals surface area contributed by atoms with Crippen LogP contribution in [-0.2, 0) is 4.74 Å². The fourth-order valence-corrected chi connectivity index (χ4v) is 1.36. The number of benzene rings is 1. The Kier molecular flexibility index (Phi) is 9.30. The zero-order valence-electron chi connectivity index (χ0n) is 11.6. The van der Waals surface area contributed by atoms with Gasteiger partial charge in [0.2, 0.25) is 0 Å². The zero-order valence-corrected chi connectivity index (χ0v) is 11.6. The molecule has 0 fully saturated rings. The first-order chi connectivity index (χ1) is 8.40. The molecule has 0 aliphatic rings. The molecule has 2 aromatic rings. The van der Waals surface area contributed by atoms with Gasteiger partial charge in [0, 0.05) is 0 Å². The van der Waals surface area contributed by atoms with Gasteiger partial charge in [-0.1, -0.05) is 12.1 Å². The largest absolute Gasteiger partial charge is 1.00 e. The van der Waals surface area contributed by atoms with Crippen molar-refractivity contribution in [1.82, 2.24) is 14.8 Å². The van der Waals surface area contributed by atoms with Crippen LogP contribution < -0.4 is 37.7 Å². The van der Waals surface area contributed by atoms with Crippen LogP contribution >= 0.6 is 0 Å². The van der Waals surface area contributed by atoms with Crippen molar-refractivity contribution in [3.8, 4) is 0 Å². The molecule has 0 radical (unpaired) electrons. The first-order valence-electron chi connectivity index (χ1n) is 5.41. The molecule has 0 saturated carbocycles. The molecule has 6 heteroatoms. The molecule has 0 atom stereocenters. The summed E-state index contributed by atoms with van der Waals surface area (Å²) in [6.07, 6.45) is 7.88. The number of allylic oxidation sites excluding steroid dienone is 1. The Morgan fingerprint density at radius 1 is 1.37 bits per heavy atom. The summed E-state index contributed by atoms with van der Waals surface area (Å²) in [5, 5.41) is 3.91. The van der Waals surface area contributed by atoms with Crippen LogP contribution in [0.25, 0.3) is 5.88 Å². The molecule has 0 bridgehead atoms. The van der Waals surface area contributed by atoms with Gasteiger partial charge in [-0.3, -0.25) is 5.10 Å². The summed E-state index contributed by atoms with van der Waals surface area (Å²) < 4.78 is 7.02. The van der Waals surface area contributed by atoms with Crippen molar-refractivity contribution in [1.29, 1.82) is 0 Å². The third-order valence-electron chi connectivity index (χ3n) is 2.11. The van der Waals surface area contributed by atoms with Crippen LogP contribution in [-0.4, -0.2) is 21.4 Å². The predicted molar refractivity (Wildman–Crippen MR) is 64.6 cm³/mol. The second kappa shape index (κ2) is 9.84. The summed E-state index contributed by atoms with van der Waals surface area (Å²) in [6, 6.07) is 10.0. The number of rotatable bonds is 5. The van der Waals surface area contributed by atoms with E-state index in [1.165, 1.54) is 0 Å². The van der Waals surface area contributed by atoms with Crippen molar-refractivity contribution in [3.63, 3.8) is 0 Å². The van der Waals surface area contributed by atoms with Gasteiger partial charge in [-0.15, -0.1) is 36.2 Å². The molecule has 1 aromatic carbocycles. The van der Waals surface area contributed by atoms with E-state index < -0.39 is 0 Å². The smallest absolute Gasteiger partial charge is 0.521 e. The van der Waals surface area contributed by atoms with E-state index in [1.54, 1.807) is 11.0 Å². The van der Waals surface area contributed by atoms with Crippen LogP contribution in [0.2, 0.25) is 0 Å². The molecule has 0 saturated heterocycles. The average molecular weight is 241 g/mol. The molecular formula is C13H13Li2N3O. The summed E-state index contributed by atoms with van der Waals surface area (Å²) >= 11 is 0. The zero-order chi connectivity index (χ0) is 11.9. The Morgan fingerprint density at radius 2 is 2.11 bits per heavy atom. The van der Waals surface area contributed by atoms with E-state index in [4.69, 9.17) is 4.74 Å². The van der Waals surface area contributed by atoms with Gasteiger partial charge < -0.3 is 14.4 Å². The molecule has 4 nitrogen and oxygen atoms in total. The van der Waals surface area contributed by atoms with E-state index >= 15 is 0 Å². The third kappa shape index (κ3) is 5.64. The summed E-state index contributed by atoms with van der Waals surface area (Å²) in [6.45, 7) is 2.51. The fourth-order valence-electron chi connectivity index (χ4n) is 1.36. The third-order valence-corrected chi connectivity index (χ3v) is 2.11. The van der Waals surface area contributed by atoms with Gasteiger partial charge in [-0.05, 0) is 19.6 Å². The molecule has 1 heterocycles. The van der Waals surface area contributed by atoms with Crippen molar-refractivity contribution in [2.24, 2.45) is 0 Å². The molecule has 0 aliphatic heterocycles. The van der Waals surface area contributed by atoms with Crippen LogP contribution in [0.5, 0.6) is 0 Å². The standard InChI is InChI=1S/C13H13N3O.2Li/c1-2-17-13(16-11-14-10-15-16)9-8-12-6-4-3-5-7-12;;/h3-9,11H,2H2,1H3;;/q-2;2*+1/b13-9-;;. The first kappa shape index (κ1) is 18.0. The topological polar surface area (TPSA) is 39.9 Å². The van der Waals surface area contributed by atoms with Gasteiger partial charge in [-0.25, -0.2) is 0 Å². The summed E-state index contributed by atoms with van der Waals surface area (Å²) in [4.78, 5) is 3.77. The number of ether oxygens (including phenoxy) is 1. The van der Waals surface area contributed by atoms with Crippen molar-refractivity contribution in [3.05, 3.63) is 61.0 Å². The van der Waals surface area contributed by atoms with E-state index in [-0.39, 0.29) is 37.7 Å². The van der Waals surface area contributed by atoms with Crippen molar-refractivity contribution >= 4 is 5.88 Å². The van der Waals surface area contributed by atoms with Crippen molar-refractivity contribution in [2.45, 2.75) is 6.92 Å². The molecule has 19 heavy (non-hydrogen) atoms. The average Bonchev–Trinajstić information content (AvgIpc) is 2.89. The Morgan fingerprint density at radius 3 is 2.68 bits per heavy atom. The number of aromatic nitrogens is 3. The quantitative estimate of drug-likeness (QED) is 0.306.